The van der Waals surface area contributed by atoms with Crippen LogP contribution in [-0.2, 0) is 18.3 Å². The van der Waals surface area contributed by atoms with Gasteiger partial charge in [0, 0.05) is 17.6 Å². The maximum absolute atomic E-state index is 12.0. The van der Waals surface area contributed by atoms with Crippen LogP contribution in [0.25, 0.3) is 0 Å². The molecule has 1 N–H and O–H groups in total. The Bertz CT molecular complexity index is 945. The Labute approximate surface area is 161 Å². The normalized spacial score (nSPS) is 10.2. The van der Waals surface area contributed by atoms with Gasteiger partial charge >= 0.3 is 0 Å². The summed E-state index contributed by atoms with van der Waals surface area (Å²) in [7, 11) is 1.88. The lowest BCUT2D eigenvalue weighted by molar-refractivity contribution is -0.118. The van der Waals surface area contributed by atoms with Crippen molar-refractivity contribution in [3.8, 4) is 11.8 Å². The highest BCUT2D eigenvalue weighted by Gasteiger charge is 2.06. The molecule has 136 valence electrons. The van der Waals surface area contributed by atoms with E-state index in [4.69, 9.17) is 10.00 Å². The van der Waals surface area contributed by atoms with Gasteiger partial charge in [0.15, 0.2) is 11.8 Å². The largest absolute Gasteiger partial charge is 0.484 e. The topological polar surface area (TPSA) is 92.8 Å². The van der Waals surface area contributed by atoms with Crippen molar-refractivity contribution in [1.82, 2.24) is 14.8 Å². The van der Waals surface area contributed by atoms with E-state index in [1.54, 1.807) is 18.5 Å². The second-order valence-electron chi connectivity index (χ2n) is 5.67. The standard InChI is InChI=1S/C19H17N5O2S/c1-24-13-21-23-19(24)27-17-8-4-15(5-9-17)22-18(25)12-26-16-6-2-14(3-7-16)10-11-20/h2-9,13H,10,12H2,1H3,(H,22,25). The molecule has 0 aliphatic heterocycles. The Kier molecular flexibility index (Phi) is 6.07. The molecule has 0 fully saturated rings. The van der Waals surface area contributed by atoms with Crippen LogP contribution < -0.4 is 10.1 Å². The third kappa shape index (κ3) is 5.33. The third-order valence-electron chi connectivity index (χ3n) is 3.59. The molecule has 7 nitrogen and oxygen atoms in total. The minimum absolute atomic E-state index is 0.0902. The number of carbonyl (C=O) groups excluding carboxylic acids is 1. The van der Waals surface area contributed by atoms with Gasteiger partial charge in [-0.1, -0.05) is 12.1 Å². The number of aromatic nitrogens is 3. The van der Waals surface area contributed by atoms with Gasteiger partial charge in [-0.25, -0.2) is 0 Å². The van der Waals surface area contributed by atoms with E-state index in [1.807, 2.05) is 48.0 Å². The summed E-state index contributed by atoms with van der Waals surface area (Å²) in [5, 5.41) is 20.1. The highest BCUT2D eigenvalue weighted by atomic mass is 32.2. The number of carbonyl (C=O) groups is 1. The number of anilines is 1. The van der Waals surface area contributed by atoms with Crippen LogP contribution in [0.15, 0.2) is 64.9 Å². The smallest absolute Gasteiger partial charge is 0.262 e. The summed E-state index contributed by atoms with van der Waals surface area (Å²) in [5.74, 6) is 0.340. The Morgan fingerprint density at radius 3 is 2.59 bits per heavy atom. The Balaban J connectivity index is 1.49. The second kappa shape index (κ2) is 8.87. The molecule has 0 aliphatic carbocycles. The molecule has 1 aromatic heterocycles. The van der Waals surface area contributed by atoms with Crippen LogP contribution in [0.1, 0.15) is 5.56 Å². The number of benzene rings is 2. The number of amides is 1. The molecule has 0 spiro atoms. The molecule has 0 atom stereocenters. The maximum Gasteiger partial charge on any atom is 0.262 e. The van der Waals surface area contributed by atoms with Crippen LogP contribution in [-0.4, -0.2) is 27.3 Å². The van der Waals surface area contributed by atoms with Crippen molar-refractivity contribution in [1.29, 1.82) is 5.26 Å². The van der Waals surface area contributed by atoms with Crippen LogP contribution in [0.2, 0.25) is 0 Å². The van der Waals surface area contributed by atoms with Crippen molar-refractivity contribution in [2.45, 2.75) is 16.5 Å². The molecule has 0 unspecified atom stereocenters. The Morgan fingerprint density at radius 2 is 1.96 bits per heavy atom. The van der Waals surface area contributed by atoms with Gasteiger partial charge in [0.2, 0.25) is 0 Å². The summed E-state index contributed by atoms with van der Waals surface area (Å²) in [4.78, 5) is 13.0. The molecule has 0 aliphatic rings. The predicted octanol–water partition coefficient (Wildman–Crippen LogP) is 3.05. The van der Waals surface area contributed by atoms with Crippen LogP contribution in [0, 0.1) is 11.3 Å². The first-order valence-electron chi connectivity index (χ1n) is 8.14. The summed E-state index contributed by atoms with van der Waals surface area (Å²) in [6, 6.07) is 16.7. The zero-order valence-corrected chi connectivity index (χ0v) is 15.4. The minimum atomic E-state index is -0.246. The van der Waals surface area contributed by atoms with E-state index in [0.717, 1.165) is 15.6 Å². The minimum Gasteiger partial charge on any atom is -0.484 e. The van der Waals surface area contributed by atoms with E-state index in [-0.39, 0.29) is 12.5 Å². The summed E-state index contributed by atoms with van der Waals surface area (Å²) >= 11 is 1.49. The molecule has 27 heavy (non-hydrogen) atoms. The van der Waals surface area contributed by atoms with E-state index < -0.39 is 0 Å². The number of nitrogens with zero attached hydrogens (tertiary/aromatic N) is 4. The quantitative estimate of drug-likeness (QED) is 0.678. The highest BCUT2D eigenvalue weighted by Crippen LogP contribution is 2.26. The Morgan fingerprint density at radius 1 is 1.22 bits per heavy atom. The second-order valence-corrected chi connectivity index (χ2v) is 6.71. The van der Waals surface area contributed by atoms with E-state index in [1.165, 1.54) is 11.8 Å². The molecule has 0 saturated carbocycles. The van der Waals surface area contributed by atoms with E-state index >= 15 is 0 Å². The fourth-order valence-electron chi connectivity index (χ4n) is 2.22. The molecular formula is C19H17N5O2S. The lowest BCUT2D eigenvalue weighted by Crippen LogP contribution is -2.20. The number of ether oxygens (including phenoxy) is 1. The molecule has 0 saturated heterocycles. The first-order valence-corrected chi connectivity index (χ1v) is 8.96. The number of hydrogen-bond acceptors (Lipinski definition) is 6. The van der Waals surface area contributed by atoms with Gasteiger partial charge in [-0.3, -0.25) is 4.79 Å². The van der Waals surface area contributed by atoms with Crippen molar-refractivity contribution in [3.63, 3.8) is 0 Å². The van der Waals surface area contributed by atoms with Gasteiger partial charge < -0.3 is 14.6 Å². The zero-order valence-electron chi connectivity index (χ0n) is 14.6. The van der Waals surface area contributed by atoms with Crippen molar-refractivity contribution in [3.05, 3.63) is 60.4 Å². The van der Waals surface area contributed by atoms with E-state index in [9.17, 15) is 4.79 Å². The average molecular weight is 379 g/mol. The number of nitrogens with one attached hydrogen (secondary N) is 1. The average Bonchev–Trinajstić information content (AvgIpc) is 3.08. The molecule has 3 aromatic rings. The van der Waals surface area contributed by atoms with Gasteiger partial charge in [-0.05, 0) is 53.7 Å². The van der Waals surface area contributed by atoms with Gasteiger partial charge in [-0.2, -0.15) is 5.26 Å². The highest BCUT2D eigenvalue weighted by molar-refractivity contribution is 7.99. The van der Waals surface area contributed by atoms with Crippen LogP contribution in [0.5, 0.6) is 5.75 Å². The molecule has 2 aromatic carbocycles. The zero-order chi connectivity index (χ0) is 19.1. The molecule has 8 heteroatoms. The first kappa shape index (κ1) is 18.5. The van der Waals surface area contributed by atoms with Gasteiger partial charge in [0.1, 0.15) is 12.1 Å². The molecule has 0 radical (unpaired) electrons. The van der Waals surface area contributed by atoms with Gasteiger partial charge in [0.05, 0.1) is 12.5 Å². The van der Waals surface area contributed by atoms with Crippen molar-refractivity contribution in [2.24, 2.45) is 7.05 Å². The summed E-state index contributed by atoms with van der Waals surface area (Å²) in [6.45, 7) is -0.0902. The number of aryl methyl sites for hydroxylation is 1. The predicted molar refractivity (Wildman–Crippen MR) is 101 cm³/mol. The van der Waals surface area contributed by atoms with Crippen LogP contribution in [0.3, 0.4) is 0 Å². The fourth-order valence-corrected chi connectivity index (χ4v) is 2.98. The SMILES string of the molecule is Cn1cnnc1Sc1ccc(NC(=O)COc2ccc(CC#N)cc2)cc1. The fraction of sp³-hybridized carbons (Fsp3) is 0.158. The summed E-state index contributed by atoms with van der Waals surface area (Å²) in [5.41, 5.74) is 1.60. The number of rotatable bonds is 7. The van der Waals surface area contributed by atoms with Gasteiger partial charge in [-0.15, -0.1) is 10.2 Å². The lowest BCUT2D eigenvalue weighted by atomic mass is 10.2. The van der Waals surface area contributed by atoms with E-state index in [0.29, 0.717) is 17.9 Å². The van der Waals surface area contributed by atoms with E-state index in [2.05, 4.69) is 21.6 Å². The molecule has 1 heterocycles. The first-order chi connectivity index (χ1) is 13.1. The number of nitriles is 1. The van der Waals surface area contributed by atoms with Gasteiger partial charge in [0.25, 0.3) is 5.91 Å². The third-order valence-corrected chi connectivity index (χ3v) is 4.65. The molecule has 1 amide bonds. The number of hydrogen-bond donors (Lipinski definition) is 1. The van der Waals surface area contributed by atoms with Crippen molar-refractivity contribution in [2.75, 3.05) is 11.9 Å². The monoisotopic (exact) mass is 379 g/mol. The molecule has 3 rings (SSSR count). The lowest BCUT2D eigenvalue weighted by Gasteiger charge is -2.08. The van der Waals surface area contributed by atoms with Crippen LogP contribution >= 0.6 is 11.8 Å². The Hall–Kier alpha value is -3.31. The molecular weight excluding hydrogens is 362 g/mol. The molecule has 0 bridgehead atoms. The van der Waals surface area contributed by atoms with Crippen LogP contribution in [0.4, 0.5) is 5.69 Å². The summed E-state index contributed by atoms with van der Waals surface area (Å²) in [6.07, 6.45) is 2.00. The summed E-state index contributed by atoms with van der Waals surface area (Å²) < 4.78 is 7.30. The van der Waals surface area contributed by atoms with Crippen molar-refractivity contribution >= 4 is 23.4 Å². The van der Waals surface area contributed by atoms with Crippen molar-refractivity contribution < 1.29 is 9.53 Å². The maximum atomic E-state index is 12.0.